The maximum atomic E-state index is 9.58. The van der Waals surface area contributed by atoms with Crippen molar-refractivity contribution in [1.29, 1.82) is 0 Å². The molecule has 0 rings (SSSR count). The first-order chi connectivity index (χ1) is 5.62. The van der Waals surface area contributed by atoms with Crippen molar-refractivity contribution in [1.82, 2.24) is 0 Å². The van der Waals surface area contributed by atoms with Crippen molar-refractivity contribution in [3.05, 3.63) is 0 Å². The van der Waals surface area contributed by atoms with Gasteiger partial charge in [0.1, 0.15) is 0 Å². The van der Waals surface area contributed by atoms with E-state index in [1.807, 2.05) is 0 Å². The van der Waals surface area contributed by atoms with Crippen LogP contribution in [0.3, 0.4) is 0 Å². The second-order valence-electron chi connectivity index (χ2n) is 2.90. The Hall–Kier alpha value is 0.570. The molecule has 0 aliphatic carbocycles. The highest BCUT2D eigenvalue weighted by Crippen LogP contribution is 2.43. The van der Waals surface area contributed by atoms with Gasteiger partial charge in [-0.25, -0.2) is 0 Å². The molecule has 12 heavy (non-hydrogen) atoms. The third-order valence-corrected chi connectivity index (χ3v) is 3.92. The normalized spacial score (nSPS) is 15.9. The minimum absolute atomic E-state index is 0.619. The molecule has 1 atom stereocenters. The highest BCUT2D eigenvalue weighted by molar-refractivity contribution is 8.09. The molecule has 4 heteroatoms. The molecular formula is C8H19O2PS. The summed E-state index contributed by atoms with van der Waals surface area (Å²) in [5, 5.41) is 0. The molecule has 0 heterocycles. The van der Waals surface area contributed by atoms with Crippen LogP contribution in [0.2, 0.25) is 0 Å². The Morgan fingerprint density at radius 2 is 1.83 bits per heavy atom. The van der Waals surface area contributed by atoms with Crippen LogP contribution in [0.25, 0.3) is 0 Å². The molecule has 74 valence electrons. The van der Waals surface area contributed by atoms with Crippen LogP contribution in [0, 0.1) is 0 Å². The summed E-state index contributed by atoms with van der Waals surface area (Å²) in [7, 11) is 0. The first kappa shape index (κ1) is 12.6. The lowest BCUT2D eigenvalue weighted by molar-refractivity contribution is 0.299. The molecule has 0 bridgehead atoms. The third-order valence-electron chi connectivity index (χ3n) is 1.59. The van der Waals surface area contributed by atoms with Gasteiger partial charge in [-0.2, -0.15) is 0 Å². The first-order valence-corrected chi connectivity index (χ1v) is 7.44. The SMILES string of the molecule is CCCCOP(O)(=S)CCCC. The fourth-order valence-corrected chi connectivity index (χ4v) is 2.64. The van der Waals surface area contributed by atoms with Crippen LogP contribution in [0.4, 0.5) is 0 Å². The van der Waals surface area contributed by atoms with Crippen molar-refractivity contribution in [2.24, 2.45) is 0 Å². The zero-order chi connectivity index (χ0) is 9.45. The Morgan fingerprint density at radius 1 is 1.25 bits per heavy atom. The molecule has 0 saturated heterocycles. The Kier molecular flexibility index (Phi) is 7.35. The van der Waals surface area contributed by atoms with Gasteiger partial charge in [-0.15, -0.1) is 0 Å². The van der Waals surface area contributed by atoms with Gasteiger partial charge < -0.3 is 9.42 Å². The Morgan fingerprint density at radius 3 is 2.33 bits per heavy atom. The van der Waals surface area contributed by atoms with Gasteiger partial charge in [-0.05, 0) is 24.6 Å². The highest BCUT2D eigenvalue weighted by atomic mass is 32.5. The summed E-state index contributed by atoms with van der Waals surface area (Å²) in [6, 6.07) is 0. The fraction of sp³-hybridized carbons (Fsp3) is 1.00. The molecule has 0 aromatic rings. The van der Waals surface area contributed by atoms with Crippen LogP contribution in [-0.4, -0.2) is 17.7 Å². The van der Waals surface area contributed by atoms with Crippen molar-refractivity contribution in [3.63, 3.8) is 0 Å². The van der Waals surface area contributed by atoms with Gasteiger partial charge in [0.2, 0.25) is 0 Å². The lowest BCUT2D eigenvalue weighted by atomic mass is 10.4. The number of rotatable bonds is 7. The van der Waals surface area contributed by atoms with Crippen molar-refractivity contribution < 1.29 is 9.42 Å². The summed E-state index contributed by atoms with van der Waals surface area (Å²) in [4.78, 5) is 9.58. The summed E-state index contributed by atoms with van der Waals surface area (Å²) in [6.07, 6.45) is 4.78. The number of hydrogen-bond acceptors (Lipinski definition) is 2. The van der Waals surface area contributed by atoms with Crippen LogP contribution in [0.15, 0.2) is 0 Å². The molecule has 2 nitrogen and oxygen atoms in total. The Balaban J connectivity index is 3.49. The van der Waals surface area contributed by atoms with Gasteiger partial charge in [-0.1, -0.05) is 26.7 Å². The predicted octanol–water partition coefficient (Wildman–Crippen LogP) is 2.91. The van der Waals surface area contributed by atoms with E-state index in [1.165, 1.54) is 0 Å². The summed E-state index contributed by atoms with van der Waals surface area (Å²) in [6.45, 7) is 2.39. The second-order valence-corrected chi connectivity index (χ2v) is 6.59. The highest BCUT2D eigenvalue weighted by Gasteiger charge is 2.11. The zero-order valence-electron chi connectivity index (χ0n) is 7.95. The number of unbranched alkanes of at least 4 members (excludes halogenated alkanes) is 2. The van der Waals surface area contributed by atoms with Crippen molar-refractivity contribution in [2.75, 3.05) is 12.8 Å². The van der Waals surface area contributed by atoms with Crippen molar-refractivity contribution in [3.8, 4) is 0 Å². The van der Waals surface area contributed by atoms with E-state index in [0.717, 1.165) is 25.7 Å². The third kappa shape index (κ3) is 7.23. The largest absolute Gasteiger partial charge is 0.345 e. The first-order valence-electron chi connectivity index (χ1n) is 4.58. The summed E-state index contributed by atoms with van der Waals surface area (Å²) in [5.74, 6) is 0. The van der Waals surface area contributed by atoms with Crippen molar-refractivity contribution >= 4 is 18.3 Å². The lowest BCUT2D eigenvalue weighted by Crippen LogP contribution is -1.96. The minimum atomic E-state index is -2.41. The molecule has 0 aromatic heterocycles. The molecule has 0 saturated carbocycles. The summed E-state index contributed by atoms with van der Waals surface area (Å²) < 4.78 is 5.25. The second kappa shape index (κ2) is 7.02. The van der Waals surface area contributed by atoms with E-state index in [4.69, 9.17) is 16.3 Å². The zero-order valence-corrected chi connectivity index (χ0v) is 9.66. The van der Waals surface area contributed by atoms with E-state index in [-0.39, 0.29) is 0 Å². The number of hydrogen-bond donors (Lipinski definition) is 1. The van der Waals surface area contributed by atoms with Crippen LogP contribution in [0.5, 0.6) is 0 Å². The molecule has 0 aromatic carbocycles. The van der Waals surface area contributed by atoms with Gasteiger partial charge >= 0.3 is 0 Å². The average molecular weight is 210 g/mol. The molecule has 0 radical (unpaired) electrons. The molecular weight excluding hydrogens is 191 g/mol. The van der Waals surface area contributed by atoms with Gasteiger partial charge in [-0.3, -0.25) is 0 Å². The quantitative estimate of drug-likeness (QED) is 0.517. The van der Waals surface area contributed by atoms with E-state index in [2.05, 4.69) is 13.8 Å². The van der Waals surface area contributed by atoms with E-state index in [0.29, 0.717) is 12.8 Å². The van der Waals surface area contributed by atoms with Crippen LogP contribution < -0.4 is 0 Å². The molecule has 0 aliphatic rings. The topological polar surface area (TPSA) is 29.5 Å². The smallest absolute Gasteiger partial charge is 0.186 e. The lowest BCUT2D eigenvalue weighted by Gasteiger charge is -2.14. The Bertz CT molecular complexity index is 150. The van der Waals surface area contributed by atoms with Gasteiger partial charge in [0.25, 0.3) is 0 Å². The predicted molar refractivity (Wildman–Crippen MR) is 57.1 cm³/mol. The maximum absolute atomic E-state index is 9.58. The van der Waals surface area contributed by atoms with E-state index in [9.17, 15) is 4.89 Å². The standard InChI is InChI=1S/C8H19O2PS/c1-3-5-7-10-11(9,12)8-6-4-2/h3-8H2,1-2H3,(H,9,12). The Labute approximate surface area is 80.5 Å². The summed E-state index contributed by atoms with van der Waals surface area (Å²) >= 11 is 4.97. The van der Waals surface area contributed by atoms with Crippen LogP contribution in [0.1, 0.15) is 39.5 Å². The summed E-state index contributed by atoms with van der Waals surface area (Å²) in [5.41, 5.74) is 0. The molecule has 1 N–H and O–H groups in total. The molecule has 1 unspecified atom stereocenters. The monoisotopic (exact) mass is 210 g/mol. The van der Waals surface area contributed by atoms with Gasteiger partial charge in [0, 0.05) is 6.16 Å². The molecule has 0 spiro atoms. The average Bonchev–Trinajstić information content (AvgIpc) is 2.01. The maximum Gasteiger partial charge on any atom is 0.186 e. The minimum Gasteiger partial charge on any atom is -0.345 e. The van der Waals surface area contributed by atoms with E-state index < -0.39 is 6.49 Å². The van der Waals surface area contributed by atoms with Gasteiger partial charge in [0.05, 0.1) is 6.61 Å². The van der Waals surface area contributed by atoms with Crippen LogP contribution in [-0.2, 0) is 16.3 Å². The van der Waals surface area contributed by atoms with Gasteiger partial charge in [0.15, 0.2) is 6.49 Å². The fourth-order valence-electron chi connectivity index (χ4n) is 0.774. The molecule has 0 aliphatic heterocycles. The molecule has 0 amide bonds. The van der Waals surface area contributed by atoms with Crippen molar-refractivity contribution in [2.45, 2.75) is 39.5 Å². The van der Waals surface area contributed by atoms with E-state index in [1.54, 1.807) is 0 Å². The van der Waals surface area contributed by atoms with Crippen LogP contribution >= 0.6 is 6.49 Å². The molecule has 0 fully saturated rings. The van der Waals surface area contributed by atoms with E-state index >= 15 is 0 Å².